The number of amides is 1. The van der Waals surface area contributed by atoms with Gasteiger partial charge in [0.2, 0.25) is 5.91 Å². The van der Waals surface area contributed by atoms with E-state index >= 15 is 0 Å². The first kappa shape index (κ1) is 17.2. The Morgan fingerprint density at radius 3 is 2.57 bits per heavy atom. The Kier molecular flexibility index (Phi) is 6.36. The van der Waals surface area contributed by atoms with Crippen LogP contribution in [0.25, 0.3) is 0 Å². The number of ether oxygens (including phenoxy) is 2. The van der Waals surface area contributed by atoms with Gasteiger partial charge >= 0.3 is 6.61 Å². The molecule has 0 aliphatic rings. The molecular weight excluding hydrogens is 282 g/mol. The van der Waals surface area contributed by atoms with Crippen molar-refractivity contribution in [3.63, 3.8) is 0 Å². The summed E-state index contributed by atoms with van der Waals surface area (Å²) in [6, 6.07) is 3.43. The fraction of sp³-hybridized carbons (Fsp3) is 0.500. The summed E-state index contributed by atoms with van der Waals surface area (Å²) in [5.74, 6) is 0.0455. The van der Waals surface area contributed by atoms with Crippen molar-refractivity contribution in [2.75, 3.05) is 12.4 Å². The smallest absolute Gasteiger partial charge is 0.387 e. The van der Waals surface area contributed by atoms with E-state index < -0.39 is 18.6 Å². The van der Waals surface area contributed by atoms with Gasteiger partial charge in [-0.25, -0.2) is 0 Å². The molecule has 0 saturated heterocycles. The van der Waals surface area contributed by atoms with Crippen LogP contribution in [0, 0.1) is 5.92 Å². The molecule has 0 radical (unpaired) electrons. The molecule has 1 amide bonds. The van der Waals surface area contributed by atoms with Gasteiger partial charge in [-0.15, -0.1) is 0 Å². The third-order valence-corrected chi connectivity index (χ3v) is 2.72. The molecule has 7 heteroatoms. The quantitative estimate of drug-likeness (QED) is 0.812. The maximum atomic E-state index is 12.4. The van der Waals surface area contributed by atoms with E-state index in [-0.39, 0.29) is 17.4 Å². The molecule has 0 aliphatic carbocycles. The second kappa shape index (κ2) is 7.78. The van der Waals surface area contributed by atoms with E-state index in [4.69, 9.17) is 10.5 Å². The number of nitrogens with two attached hydrogens (primary N) is 1. The van der Waals surface area contributed by atoms with Crippen LogP contribution < -0.4 is 20.5 Å². The van der Waals surface area contributed by atoms with Gasteiger partial charge in [0.1, 0.15) is 11.5 Å². The van der Waals surface area contributed by atoms with E-state index in [9.17, 15) is 13.6 Å². The summed E-state index contributed by atoms with van der Waals surface area (Å²) < 4.78 is 34.1. The Bertz CT molecular complexity index is 481. The minimum Gasteiger partial charge on any atom is -0.497 e. The van der Waals surface area contributed by atoms with Crippen LogP contribution in [-0.2, 0) is 4.79 Å². The van der Waals surface area contributed by atoms with E-state index in [2.05, 4.69) is 10.1 Å². The summed E-state index contributed by atoms with van der Waals surface area (Å²) >= 11 is 0. The van der Waals surface area contributed by atoms with Crippen LogP contribution in [0.5, 0.6) is 11.5 Å². The molecule has 0 bridgehead atoms. The van der Waals surface area contributed by atoms with Gasteiger partial charge in [-0.1, -0.05) is 13.8 Å². The largest absolute Gasteiger partial charge is 0.497 e. The van der Waals surface area contributed by atoms with E-state index in [1.165, 1.54) is 25.3 Å². The van der Waals surface area contributed by atoms with Crippen LogP contribution in [0.15, 0.2) is 18.2 Å². The van der Waals surface area contributed by atoms with Crippen molar-refractivity contribution in [1.29, 1.82) is 0 Å². The van der Waals surface area contributed by atoms with Crippen LogP contribution in [0.3, 0.4) is 0 Å². The van der Waals surface area contributed by atoms with E-state index in [0.717, 1.165) is 0 Å². The second-order valence-corrected chi connectivity index (χ2v) is 4.97. The molecule has 0 unspecified atom stereocenters. The second-order valence-electron chi connectivity index (χ2n) is 4.97. The Morgan fingerprint density at radius 1 is 1.38 bits per heavy atom. The average Bonchev–Trinajstić information content (AvgIpc) is 2.39. The van der Waals surface area contributed by atoms with Crippen molar-refractivity contribution >= 4 is 11.6 Å². The predicted octanol–water partition coefficient (Wildman–Crippen LogP) is 2.61. The molecular formula is C14H20F2N2O3. The van der Waals surface area contributed by atoms with Crippen LogP contribution in [0.2, 0.25) is 0 Å². The zero-order valence-electron chi connectivity index (χ0n) is 12.2. The third-order valence-electron chi connectivity index (χ3n) is 2.72. The van der Waals surface area contributed by atoms with Gasteiger partial charge in [0.15, 0.2) is 0 Å². The predicted molar refractivity (Wildman–Crippen MR) is 75.7 cm³/mol. The monoisotopic (exact) mass is 302 g/mol. The highest BCUT2D eigenvalue weighted by Crippen LogP contribution is 2.30. The molecule has 0 heterocycles. The van der Waals surface area contributed by atoms with Gasteiger partial charge in [0.25, 0.3) is 0 Å². The average molecular weight is 302 g/mol. The molecule has 0 spiro atoms. The van der Waals surface area contributed by atoms with Crippen LogP contribution in [0.1, 0.15) is 20.3 Å². The fourth-order valence-corrected chi connectivity index (χ4v) is 1.77. The fourth-order valence-electron chi connectivity index (χ4n) is 1.77. The summed E-state index contributed by atoms with van der Waals surface area (Å²) in [5.41, 5.74) is 5.85. The van der Waals surface area contributed by atoms with Crippen LogP contribution >= 0.6 is 0 Å². The van der Waals surface area contributed by atoms with Gasteiger partial charge in [0, 0.05) is 6.07 Å². The number of hydrogen-bond acceptors (Lipinski definition) is 4. The zero-order valence-corrected chi connectivity index (χ0v) is 12.2. The Balaban J connectivity index is 2.90. The number of anilines is 1. The van der Waals surface area contributed by atoms with Crippen molar-refractivity contribution in [2.24, 2.45) is 11.7 Å². The zero-order chi connectivity index (χ0) is 16.0. The van der Waals surface area contributed by atoms with Gasteiger partial charge in [0.05, 0.1) is 18.8 Å². The number of alkyl halides is 2. The SMILES string of the molecule is COc1ccc(OC(F)F)c(NC(=O)[C@@H](N)CC(C)C)c1. The van der Waals surface area contributed by atoms with Crippen LogP contribution in [0.4, 0.5) is 14.5 Å². The van der Waals surface area contributed by atoms with Crippen LogP contribution in [-0.4, -0.2) is 25.7 Å². The van der Waals surface area contributed by atoms with E-state index in [1.54, 1.807) is 0 Å². The number of carbonyl (C=O) groups is 1. The minimum absolute atomic E-state index is 0.0962. The molecule has 0 fully saturated rings. The number of rotatable bonds is 7. The van der Waals surface area contributed by atoms with Crippen molar-refractivity contribution in [1.82, 2.24) is 0 Å². The van der Waals surface area contributed by atoms with Gasteiger partial charge in [-0.05, 0) is 24.5 Å². The molecule has 1 rings (SSSR count). The molecule has 5 nitrogen and oxygen atoms in total. The number of halogens is 2. The number of nitrogens with one attached hydrogen (secondary N) is 1. The maximum Gasteiger partial charge on any atom is 0.387 e. The molecule has 21 heavy (non-hydrogen) atoms. The van der Waals surface area contributed by atoms with Gasteiger partial charge in [-0.2, -0.15) is 8.78 Å². The first-order valence-corrected chi connectivity index (χ1v) is 6.52. The molecule has 3 N–H and O–H groups in total. The topological polar surface area (TPSA) is 73.6 Å². The minimum atomic E-state index is -2.99. The highest BCUT2D eigenvalue weighted by molar-refractivity contribution is 5.96. The van der Waals surface area contributed by atoms with E-state index in [0.29, 0.717) is 12.2 Å². The van der Waals surface area contributed by atoms with Gasteiger partial charge < -0.3 is 20.5 Å². The first-order chi connectivity index (χ1) is 9.83. The summed E-state index contributed by atoms with van der Waals surface area (Å²) in [6.45, 7) is 0.881. The molecule has 1 atom stereocenters. The molecule has 1 aromatic carbocycles. The summed E-state index contributed by atoms with van der Waals surface area (Å²) in [4.78, 5) is 12.0. The Labute approximate surface area is 122 Å². The summed E-state index contributed by atoms with van der Waals surface area (Å²) in [5, 5.41) is 2.49. The third kappa shape index (κ3) is 5.55. The van der Waals surface area contributed by atoms with Crippen molar-refractivity contribution in [3.05, 3.63) is 18.2 Å². The normalized spacial score (nSPS) is 12.4. The standard InChI is InChI=1S/C14H20F2N2O3/c1-8(2)6-10(17)13(19)18-11-7-9(20-3)4-5-12(11)21-14(15)16/h4-5,7-8,10,14H,6,17H2,1-3H3,(H,18,19)/t10-/m0/s1. The summed E-state index contributed by atoms with van der Waals surface area (Å²) in [7, 11) is 1.43. The van der Waals surface area contributed by atoms with Crippen molar-refractivity contribution in [2.45, 2.75) is 32.9 Å². The molecule has 1 aromatic rings. The lowest BCUT2D eigenvalue weighted by molar-refractivity contribution is -0.117. The lowest BCUT2D eigenvalue weighted by Gasteiger charge is -2.17. The number of methoxy groups -OCH3 is 1. The number of hydrogen-bond donors (Lipinski definition) is 2. The molecule has 0 aliphatic heterocycles. The number of benzene rings is 1. The highest BCUT2D eigenvalue weighted by atomic mass is 19.3. The van der Waals surface area contributed by atoms with Crippen molar-refractivity contribution in [3.8, 4) is 11.5 Å². The van der Waals surface area contributed by atoms with Crippen molar-refractivity contribution < 1.29 is 23.0 Å². The number of carbonyl (C=O) groups excluding carboxylic acids is 1. The Morgan fingerprint density at radius 2 is 2.05 bits per heavy atom. The lowest BCUT2D eigenvalue weighted by Crippen LogP contribution is -2.36. The summed E-state index contributed by atoms with van der Waals surface area (Å²) in [6.07, 6.45) is 0.487. The van der Waals surface area contributed by atoms with E-state index in [1.807, 2.05) is 13.8 Å². The lowest BCUT2D eigenvalue weighted by atomic mass is 10.0. The highest BCUT2D eigenvalue weighted by Gasteiger charge is 2.18. The molecule has 0 aromatic heterocycles. The first-order valence-electron chi connectivity index (χ1n) is 6.52. The maximum absolute atomic E-state index is 12.4. The molecule has 0 saturated carbocycles. The van der Waals surface area contributed by atoms with Gasteiger partial charge in [-0.3, -0.25) is 4.79 Å². The molecule has 118 valence electrons. The Hall–Kier alpha value is -1.89.